The van der Waals surface area contributed by atoms with Crippen molar-refractivity contribution in [3.05, 3.63) is 52.8 Å². The number of carbonyl (C=O) groups is 1. The largest absolute Gasteiger partial charge is 0.444 e. The fourth-order valence-electron chi connectivity index (χ4n) is 2.17. The number of aryl methyl sites for hydroxylation is 1. The average molecular weight is 321 g/mol. The SMILES string of the molecule is Cc1ccc(CNC(=O)OC(C)(C)C)n1-c1ccc(Cl)cc1. The Morgan fingerprint density at radius 2 is 1.82 bits per heavy atom. The molecule has 0 saturated heterocycles. The van der Waals surface area contributed by atoms with Crippen LogP contribution in [0.5, 0.6) is 0 Å². The van der Waals surface area contributed by atoms with E-state index in [0.29, 0.717) is 11.6 Å². The lowest BCUT2D eigenvalue weighted by Gasteiger charge is -2.20. The number of hydrogen-bond acceptors (Lipinski definition) is 2. The molecule has 0 aliphatic rings. The van der Waals surface area contributed by atoms with Gasteiger partial charge >= 0.3 is 6.09 Å². The Labute approximate surface area is 136 Å². The summed E-state index contributed by atoms with van der Waals surface area (Å²) in [4.78, 5) is 11.8. The van der Waals surface area contributed by atoms with Gasteiger partial charge in [0, 0.05) is 22.1 Å². The third-order valence-electron chi connectivity index (χ3n) is 3.05. The van der Waals surface area contributed by atoms with Crippen molar-refractivity contribution in [2.24, 2.45) is 0 Å². The zero-order chi connectivity index (χ0) is 16.3. The van der Waals surface area contributed by atoms with Gasteiger partial charge in [-0.3, -0.25) is 0 Å². The Morgan fingerprint density at radius 3 is 2.41 bits per heavy atom. The van der Waals surface area contributed by atoms with Crippen LogP contribution in [0.15, 0.2) is 36.4 Å². The summed E-state index contributed by atoms with van der Waals surface area (Å²) in [5.41, 5.74) is 2.57. The number of benzene rings is 1. The first-order valence-corrected chi connectivity index (χ1v) is 7.54. The number of carbonyl (C=O) groups excluding carboxylic acids is 1. The number of hydrogen-bond donors (Lipinski definition) is 1. The van der Waals surface area contributed by atoms with Gasteiger partial charge in [-0.15, -0.1) is 0 Å². The Balaban J connectivity index is 2.13. The zero-order valence-electron chi connectivity index (χ0n) is 13.3. The second-order valence-corrected chi connectivity index (χ2v) is 6.57. The molecular formula is C17H21ClN2O2. The van der Waals surface area contributed by atoms with Gasteiger partial charge in [0.05, 0.1) is 6.54 Å². The van der Waals surface area contributed by atoms with E-state index < -0.39 is 11.7 Å². The topological polar surface area (TPSA) is 43.3 Å². The summed E-state index contributed by atoms with van der Waals surface area (Å²) in [6.07, 6.45) is -0.422. The Morgan fingerprint density at radius 1 is 1.18 bits per heavy atom. The summed E-state index contributed by atoms with van der Waals surface area (Å²) < 4.78 is 7.33. The highest BCUT2D eigenvalue weighted by atomic mass is 35.5. The number of nitrogens with one attached hydrogen (secondary N) is 1. The zero-order valence-corrected chi connectivity index (χ0v) is 14.1. The quantitative estimate of drug-likeness (QED) is 0.907. The van der Waals surface area contributed by atoms with E-state index in [1.54, 1.807) is 0 Å². The molecule has 0 saturated carbocycles. The summed E-state index contributed by atoms with van der Waals surface area (Å²) in [6, 6.07) is 11.6. The first-order valence-electron chi connectivity index (χ1n) is 7.16. The number of amides is 1. The minimum Gasteiger partial charge on any atom is -0.444 e. The van der Waals surface area contributed by atoms with Gasteiger partial charge in [0.2, 0.25) is 0 Å². The lowest BCUT2D eigenvalue weighted by atomic mass is 10.2. The van der Waals surface area contributed by atoms with E-state index in [1.165, 1.54) is 0 Å². The molecule has 0 unspecified atom stereocenters. The van der Waals surface area contributed by atoms with E-state index in [2.05, 4.69) is 9.88 Å². The summed E-state index contributed by atoms with van der Waals surface area (Å²) in [5, 5.41) is 3.48. The van der Waals surface area contributed by atoms with Gasteiger partial charge < -0.3 is 14.6 Å². The summed E-state index contributed by atoms with van der Waals surface area (Å²) >= 11 is 5.93. The molecule has 0 spiro atoms. The molecule has 0 bridgehead atoms. The van der Waals surface area contributed by atoms with E-state index in [1.807, 2.05) is 64.1 Å². The van der Waals surface area contributed by atoms with Crippen molar-refractivity contribution in [2.75, 3.05) is 0 Å². The second-order valence-electron chi connectivity index (χ2n) is 6.13. The molecule has 0 atom stereocenters. The predicted octanol–water partition coefficient (Wildman–Crippen LogP) is 4.46. The maximum Gasteiger partial charge on any atom is 0.407 e. The van der Waals surface area contributed by atoms with Crippen LogP contribution in [0.2, 0.25) is 5.02 Å². The van der Waals surface area contributed by atoms with Gasteiger partial charge in [0.1, 0.15) is 5.60 Å². The first-order chi connectivity index (χ1) is 10.3. The fraction of sp³-hybridized carbons (Fsp3) is 0.353. The van der Waals surface area contributed by atoms with Crippen LogP contribution < -0.4 is 5.32 Å². The third-order valence-corrected chi connectivity index (χ3v) is 3.31. The van der Waals surface area contributed by atoms with Crippen LogP contribution in [0.4, 0.5) is 4.79 Å². The predicted molar refractivity (Wildman–Crippen MR) is 88.6 cm³/mol. The van der Waals surface area contributed by atoms with Gasteiger partial charge in [0.25, 0.3) is 0 Å². The van der Waals surface area contributed by atoms with E-state index in [-0.39, 0.29) is 0 Å². The van der Waals surface area contributed by atoms with Crippen LogP contribution in [0.3, 0.4) is 0 Å². The second kappa shape index (κ2) is 6.44. The smallest absolute Gasteiger partial charge is 0.407 e. The summed E-state index contributed by atoms with van der Waals surface area (Å²) in [6.45, 7) is 7.93. The van der Waals surface area contributed by atoms with Crippen LogP contribution in [0, 0.1) is 6.92 Å². The van der Waals surface area contributed by atoms with Gasteiger partial charge in [-0.2, -0.15) is 0 Å². The van der Waals surface area contributed by atoms with Crippen LogP contribution in [-0.2, 0) is 11.3 Å². The third kappa shape index (κ3) is 4.28. The van der Waals surface area contributed by atoms with Gasteiger partial charge in [-0.05, 0) is 64.1 Å². The van der Waals surface area contributed by atoms with Crippen molar-refractivity contribution in [1.82, 2.24) is 9.88 Å². The number of rotatable bonds is 3. The minimum absolute atomic E-state index is 0.394. The molecule has 1 aromatic carbocycles. The van der Waals surface area contributed by atoms with Crippen LogP contribution in [-0.4, -0.2) is 16.3 Å². The highest BCUT2D eigenvalue weighted by Crippen LogP contribution is 2.19. The van der Waals surface area contributed by atoms with Gasteiger partial charge in [0.15, 0.2) is 0 Å². The monoisotopic (exact) mass is 320 g/mol. The van der Waals surface area contributed by atoms with Crippen molar-refractivity contribution in [1.29, 1.82) is 0 Å². The highest BCUT2D eigenvalue weighted by molar-refractivity contribution is 6.30. The Kier molecular flexibility index (Phi) is 4.81. The van der Waals surface area contributed by atoms with E-state index >= 15 is 0 Å². The molecule has 0 aliphatic heterocycles. The van der Waals surface area contributed by atoms with Crippen LogP contribution >= 0.6 is 11.6 Å². The fourth-order valence-corrected chi connectivity index (χ4v) is 2.29. The molecule has 22 heavy (non-hydrogen) atoms. The van der Waals surface area contributed by atoms with Gasteiger partial charge in [-0.25, -0.2) is 4.79 Å². The molecule has 1 aromatic heterocycles. The molecule has 1 N–H and O–H groups in total. The Bertz CT molecular complexity index is 654. The number of aromatic nitrogens is 1. The summed E-state index contributed by atoms with van der Waals surface area (Å²) in [5.74, 6) is 0. The molecule has 2 aromatic rings. The van der Waals surface area contributed by atoms with Crippen LogP contribution in [0.25, 0.3) is 5.69 Å². The van der Waals surface area contributed by atoms with Crippen molar-refractivity contribution in [2.45, 2.75) is 39.8 Å². The molecule has 4 nitrogen and oxygen atoms in total. The molecule has 5 heteroatoms. The average Bonchev–Trinajstić information content (AvgIpc) is 2.77. The van der Waals surface area contributed by atoms with Crippen molar-refractivity contribution >= 4 is 17.7 Å². The number of alkyl carbamates (subject to hydrolysis) is 1. The molecule has 0 radical (unpaired) electrons. The molecule has 1 amide bonds. The molecule has 1 heterocycles. The summed E-state index contributed by atoms with van der Waals surface area (Å²) in [7, 11) is 0. The van der Waals surface area contributed by atoms with Gasteiger partial charge in [-0.1, -0.05) is 11.6 Å². The maximum atomic E-state index is 11.8. The van der Waals surface area contributed by atoms with Crippen molar-refractivity contribution in [3.63, 3.8) is 0 Å². The molecule has 118 valence electrons. The Hall–Kier alpha value is -1.94. The molecule has 0 aliphatic carbocycles. The van der Waals surface area contributed by atoms with Crippen molar-refractivity contribution < 1.29 is 9.53 Å². The first kappa shape index (κ1) is 16.4. The standard InChI is InChI=1S/C17H21ClN2O2/c1-12-5-8-15(11-19-16(21)22-17(2,3)4)20(12)14-9-6-13(18)7-10-14/h5-10H,11H2,1-4H3,(H,19,21). The number of nitrogens with zero attached hydrogens (tertiary/aromatic N) is 1. The van der Waals surface area contributed by atoms with Crippen LogP contribution in [0.1, 0.15) is 32.2 Å². The lowest BCUT2D eigenvalue weighted by molar-refractivity contribution is 0.0522. The van der Waals surface area contributed by atoms with E-state index in [9.17, 15) is 4.79 Å². The normalized spacial score (nSPS) is 11.3. The lowest BCUT2D eigenvalue weighted by Crippen LogP contribution is -2.32. The van der Waals surface area contributed by atoms with Crippen molar-refractivity contribution in [3.8, 4) is 5.69 Å². The highest BCUT2D eigenvalue weighted by Gasteiger charge is 2.16. The minimum atomic E-state index is -0.502. The van der Waals surface area contributed by atoms with E-state index in [4.69, 9.17) is 16.3 Å². The van der Waals surface area contributed by atoms with E-state index in [0.717, 1.165) is 17.1 Å². The number of halogens is 1. The number of ether oxygens (including phenoxy) is 1. The maximum absolute atomic E-state index is 11.8. The molecule has 2 rings (SSSR count). The molecular weight excluding hydrogens is 300 g/mol. The molecule has 0 fully saturated rings.